The summed E-state index contributed by atoms with van der Waals surface area (Å²) in [6, 6.07) is 2.22. The van der Waals surface area contributed by atoms with Gasteiger partial charge >= 0.3 is 6.09 Å². The molecule has 2 aromatic rings. The van der Waals surface area contributed by atoms with Gasteiger partial charge in [0.1, 0.15) is 11.5 Å². The summed E-state index contributed by atoms with van der Waals surface area (Å²) in [4.78, 5) is 22.9. The number of carbonyl (C=O) groups excluding carboxylic acids is 2. The molecular formula is C14H14ClN3O6. The van der Waals surface area contributed by atoms with Crippen molar-refractivity contribution in [2.75, 3.05) is 11.9 Å². The van der Waals surface area contributed by atoms with Gasteiger partial charge in [0.15, 0.2) is 11.4 Å². The topological polar surface area (TPSA) is 134 Å². The number of nitrogens with one attached hydrogen (secondary N) is 2. The second-order valence-electron chi connectivity index (χ2n) is 4.61. The number of phenols is 2. The number of amides is 2. The summed E-state index contributed by atoms with van der Waals surface area (Å²) in [5.74, 6) is -1.58. The molecule has 1 heterocycles. The molecule has 0 saturated carbocycles. The van der Waals surface area contributed by atoms with Gasteiger partial charge in [0.05, 0.1) is 10.6 Å². The van der Waals surface area contributed by atoms with Crippen LogP contribution in [0, 0.1) is 0 Å². The predicted molar refractivity (Wildman–Crippen MR) is 84.3 cm³/mol. The maximum atomic E-state index is 11.5. The third-order valence-electron chi connectivity index (χ3n) is 2.78. The number of benzene rings is 1. The van der Waals surface area contributed by atoms with Crippen molar-refractivity contribution in [3.63, 3.8) is 0 Å². The van der Waals surface area contributed by atoms with Crippen LogP contribution in [0.1, 0.15) is 13.8 Å². The smallest absolute Gasteiger partial charge is 0.414 e. The fourth-order valence-electron chi connectivity index (χ4n) is 1.82. The maximum Gasteiger partial charge on any atom is 0.414 e. The lowest BCUT2D eigenvalue weighted by Crippen LogP contribution is -2.26. The number of hydrogen-bond acceptors (Lipinski definition) is 7. The molecule has 0 aliphatic carbocycles. The molecule has 128 valence electrons. The molecule has 0 fully saturated rings. The summed E-state index contributed by atoms with van der Waals surface area (Å²) in [5, 5.41) is 27.8. The highest BCUT2D eigenvalue weighted by Crippen LogP contribution is 2.43. The van der Waals surface area contributed by atoms with Crippen LogP contribution in [-0.4, -0.2) is 33.9 Å². The Morgan fingerprint density at radius 1 is 1.33 bits per heavy atom. The van der Waals surface area contributed by atoms with Crippen LogP contribution in [-0.2, 0) is 4.79 Å². The van der Waals surface area contributed by atoms with E-state index in [1.54, 1.807) is 6.92 Å². The minimum Gasteiger partial charge on any atom is -0.507 e. The van der Waals surface area contributed by atoms with E-state index < -0.39 is 12.0 Å². The van der Waals surface area contributed by atoms with E-state index in [9.17, 15) is 19.8 Å². The number of rotatable bonds is 4. The second kappa shape index (κ2) is 7.09. The fourth-order valence-corrected chi connectivity index (χ4v) is 1.98. The second-order valence-corrected chi connectivity index (χ2v) is 5.02. The molecule has 1 aromatic heterocycles. The first-order chi connectivity index (χ1) is 11.3. The van der Waals surface area contributed by atoms with Gasteiger partial charge < -0.3 is 30.1 Å². The molecule has 2 amide bonds. The molecule has 0 spiro atoms. The van der Waals surface area contributed by atoms with E-state index in [0.717, 1.165) is 6.07 Å². The van der Waals surface area contributed by atoms with Crippen LogP contribution in [0.25, 0.3) is 11.3 Å². The molecule has 0 atom stereocenters. The molecule has 1 aromatic carbocycles. The van der Waals surface area contributed by atoms with Crippen molar-refractivity contribution >= 4 is 29.3 Å². The average Bonchev–Trinajstić information content (AvgIpc) is 2.85. The molecule has 0 bridgehead atoms. The maximum absolute atomic E-state index is 11.5. The van der Waals surface area contributed by atoms with Crippen LogP contribution >= 0.6 is 11.6 Å². The molecule has 4 N–H and O–H groups in total. The molecule has 0 unspecified atom stereocenters. The van der Waals surface area contributed by atoms with Crippen molar-refractivity contribution in [1.82, 2.24) is 10.5 Å². The number of ether oxygens (including phenoxy) is 1. The monoisotopic (exact) mass is 355 g/mol. The van der Waals surface area contributed by atoms with E-state index >= 15 is 0 Å². The third-order valence-corrected chi connectivity index (χ3v) is 3.08. The Morgan fingerprint density at radius 3 is 2.67 bits per heavy atom. The number of aromatic hydroxyl groups is 2. The van der Waals surface area contributed by atoms with Crippen LogP contribution in [0.4, 0.5) is 10.5 Å². The summed E-state index contributed by atoms with van der Waals surface area (Å²) >= 11 is 5.82. The minimum absolute atomic E-state index is 0.0415. The van der Waals surface area contributed by atoms with Crippen molar-refractivity contribution in [2.24, 2.45) is 0 Å². The van der Waals surface area contributed by atoms with Gasteiger partial charge in [-0.05, 0) is 18.1 Å². The number of anilines is 1. The van der Waals surface area contributed by atoms with Crippen LogP contribution in [0.5, 0.6) is 17.4 Å². The SMILES string of the molecule is CCNC(=O)Oc1noc(-c2cc(Cl)c(O)cc2O)c1NC(C)=O. The minimum atomic E-state index is -0.795. The van der Waals surface area contributed by atoms with E-state index in [0.29, 0.717) is 6.54 Å². The molecule has 0 aliphatic heterocycles. The predicted octanol–water partition coefficient (Wildman–Crippen LogP) is 2.47. The molecule has 2 rings (SSSR count). The molecular weight excluding hydrogens is 342 g/mol. The molecule has 24 heavy (non-hydrogen) atoms. The number of phenolic OH excluding ortho intramolecular Hbond substituents is 2. The summed E-state index contributed by atoms with van der Waals surface area (Å²) < 4.78 is 10.0. The van der Waals surface area contributed by atoms with Crippen LogP contribution in [0.15, 0.2) is 16.7 Å². The van der Waals surface area contributed by atoms with E-state index in [4.69, 9.17) is 20.9 Å². The summed E-state index contributed by atoms with van der Waals surface area (Å²) in [6.07, 6.45) is -0.795. The van der Waals surface area contributed by atoms with Crippen molar-refractivity contribution in [1.29, 1.82) is 0 Å². The third kappa shape index (κ3) is 3.69. The Labute approximate surface area is 141 Å². The lowest BCUT2D eigenvalue weighted by atomic mass is 10.1. The van der Waals surface area contributed by atoms with Crippen molar-refractivity contribution in [3.8, 4) is 28.7 Å². The zero-order chi connectivity index (χ0) is 17.9. The number of aromatic nitrogens is 1. The van der Waals surface area contributed by atoms with E-state index in [1.165, 1.54) is 13.0 Å². The highest BCUT2D eigenvalue weighted by Gasteiger charge is 2.25. The van der Waals surface area contributed by atoms with Gasteiger partial charge in [0.2, 0.25) is 5.91 Å². The van der Waals surface area contributed by atoms with Gasteiger partial charge in [-0.1, -0.05) is 11.6 Å². The molecule has 0 radical (unpaired) electrons. The molecule has 0 saturated heterocycles. The van der Waals surface area contributed by atoms with Gasteiger partial charge in [-0.15, -0.1) is 0 Å². The number of hydrogen-bond donors (Lipinski definition) is 4. The van der Waals surface area contributed by atoms with E-state index in [2.05, 4.69) is 15.8 Å². The lowest BCUT2D eigenvalue weighted by molar-refractivity contribution is -0.114. The van der Waals surface area contributed by atoms with Crippen LogP contribution in [0.2, 0.25) is 5.02 Å². The Morgan fingerprint density at radius 2 is 2.04 bits per heavy atom. The zero-order valence-corrected chi connectivity index (χ0v) is 13.5. The van der Waals surface area contributed by atoms with Crippen LogP contribution < -0.4 is 15.4 Å². The van der Waals surface area contributed by atoms with E-state index in [-0.39, 0.29) is 39.4 Å². The molecule has 0 aliphatic rings. The highest BCUT2D eigenvalue weighted by atomic mass is 35.5. The zero-order valence-electron chi connectivity index (χ0n) is 12.7. The Hall–Kier alpha value is -2.94. The lowest BCUT2D eigenvalue weighted by Gasteiger charge is -2.07. The standard InChI is InChI=1S/C14H14ClN3O6/c1-3-16-14(22)23-13-11(17-6(2)19)12(24-18-13)7-4-8(15)10(21)5-9(7)20/h4-5,20-21H,3H2,1-2H3,(H,16,22)(H,17,19). The average molecular weight is 356 g/mol. The van der Waals surface area contributed by atoms with Crippen molar-refractivity contribution in [2.45, 2.75) is 13.8 Å². The van der Waals surface area contributed by atoms with Gasteiger partial charge in [-0.25, -0.2) is 4.79 Å². The fraction of sp³-hybridized carbons (Fsp3) is 0.214. The molecule has 10 heteroatoms. The van der Waals surface area contributed by atoms with Gasteiger partial charge in [0, 0.05) is 19.5 Å². The van der Waals surface area contributed by atoms with Gasteiger partial charge in [0.25, 0.3) is 5.88 Å². The summed E-state index contributed by atoms with van der Waals surface area (Å²) in [7, 11) is 0. The largest absolute Gasteiger partial charge is 0.507 e. The van der Waals surface area contributed by atoms with Gasteiger partial charge in [-0.2, -0.15) is 0 Å². The Balaban J connectivity index is 2.50. The van der Waals surface area contributed by atoms with Crippen molar-refractivity contribution in [3.05, 3.63) is 17.2 Å². The van der Waals surface area contributed by atoms with Crippen molar-refractivity contribution < 1.29 is 29.1 Å². The quantitative estimate of drug-likeness (QED) is 0.661. The first kappa shape index (κ1) is 17.4. The highest BCUT2D eigenvalue weighted by molar-refractivity contribution is 6.32. The number of carbonyl (C=O) groups is 2. The number of nitrogens with zero attached hydrogens (tertiary/aromatic N) is 1. The number of halogens is 1. The Bertz CT molecular complexity index is 789. The first-order valence-corrected chi connectivity index (χ1v) is 7.16. The molecule has 9 nitrogen and oxygen atoms in total. The van der Waals surface area contributed by atoms with Crippen LogP contribution in [0.3, 0.4) is 0 Å². The van der Waals surface area contributed by atoms with E-state index in [1.807, 2.05) is 0 Å². The first-order valence-electron chi connectivity index (χ1n) is 6.78. The normalized spacial score (nSPS) is 10.3. The van der Waals surface area contributed by atoms with Gasteiger partial charge in [-0.3, -0.25) is 4.79 Å². The summed E-state index contributed by atoms with van der Waals surface area (Å²) in [6.45, 7) is 3.25. The Kier molecular flexibility index (Phi) is 5.14. The summed E-state index contributed by atoms with van der Waals surface area (Å²) in [5.41, 5.74) is -0.0226.